The minimum absolute atomic E-state index is 0.192. The highest BCUT2D eigenvalue weighted by Gasteiger charge is 2.22. The van der Waals surface area contributed by atoms with Gasteiger partial charge in [-0.1, -0.05) is 0 Å². The summed E-state index contributed by atoms with van der Waals surface area (Å²) in [6, 6.07) is 0.481. The van der Waals surface area contributed by atoms with Crippen molar-refractivity contribution < 1.29 is 4.79 Å². The average molecular weight is 239 g/mol. The maximum atomic E-state index is 10.8. The Balaban J connectivity index is 2.49. The molecule has 0 saturated carbocycles. The van der Waals surface area contributed by atoms with Crippen molar-refractivity contribution in [3.8, 4) is 0 Å². The molecule has 52 valence electrons. The van der Waals surface area contributed by atoms with E-state index in [1.54, 1.807) is 0 Å². The molecule has 1 heterocycles. The molecule has 1 unspecified atom stereocenters. The first-order valence-corrected chi connectivity index (χ1v) is 4.26. The Morgan fingerprint density at radius 3 is 2.67 bits per heavy atom. The quantitative estimate of drug-likeness (QED) is 0.360. The van der Waals surface area contributed by atoms with Crippen LogP contribution in [0, 0.1) is 0 Å². The molecule has 0 aliphatic carbocycles. The number of carbonyl (C=O) groups is 1. The molecule has 0 N–H and O–H groups in total. The summed E-state index contributed by atoms with van der Waals surface area (Å²) in [7, 11) is 0. The molecule has 1 amide bonds. The van der Waals surface area contributed by atoms with Gasteiger partial charge in [0.25, 0.3) is 3.91 Å². The maximum absolute atomic E-state index is 10.8. The minimum Gasteiger partial charge on any atom is -0.331 e. The molecule has 9 heavy (non-hydrogen) atoms. The lowest BCUT2D eigenvalue weighted by Crippen LogP contribution is -2.28. The smallest absolute Gasteiger partial charge is 0.283 e. The zero-order chi connectivity index (χ0) is 6.85. The van der Waals surface area contributed by atoms with Crippen LogP contribution in [0.4, 0.5) is 4.79 Å². The number of amides is 1. The number of hydrogen-bond acceptors (Lipinski definition) is 1. The first-order chi connectivity index (χ1) is 4.22. The van der Waals surface area contributed by atoms with E-state index in [2.05, 4.69) is 6.92 Å². The van der Waals surface area contributed by atoms with Crippen molar-refractivity contribution in [2.75, 3.05) is 6.54 Å². The van der Waals surface area contributed by atoms with Crippen LogP contribution in [0.3, 0.4) is 0 Å². The molecular formula is C6H10INO. The van der Waals surface area contributed by atoms with Crippen molar-refractivity contribution in [1.82, 2.24) is 4.90 Å². The van der Waals surface area contributed by atoms with Gasteiger partial charge >= 0.3 is 0 Å². The van der Waals surface area contributed by atoms with Gasteiger partial charge in [0.1, 0.15) is 0 Å². The van der Waals surface area contributed by atoms with E-state index >= 15 is 0 Å². The summed E-state index contributed by atoms with van der Waals surface area (Å²) in [4.78, 5) is 12.7. The van der Waals surface area contributed by atoms with Gasteiger partial charge in [-0.25, -0.2) is 0 Å². The predicted molar refractivity (Wildman–Crippen MR) is 44.8 cm³/mol. The number of hydrogen-bond donors (Lipinski definition) is 0. The third-order valence-corrected chi connectivity index (χ3v) is 2.40. The first-order valence-electron chi connectivity index (χ1n) is 3.18. The molecule has 1 fully saturated rings. The van der Waals surface area contributed by atoms with Crippen LogP contribution in [0.25, 0.3) is 0 Å². The second kappa shape index (κ2) is 2.86. The van der Waals surface area contributed by atoms with Crippen LogP contribution in [0.15, 0.2) is 0 Å². The van der Waals surface area contributed by atoms with Crippen LogP contribution >= 0.6 is 22.6 Å². The first kappa shape index (κ1) is 7.31. The van der Waals surface area contributed by atoms with Crippen molar-refractivity contribution in [1.29, 1.82) is 0 Å². The second-order valence-electron chi connectivity index (χ2n) is 2.44. The zero-order valence-electron chi connectivity index (χ0n) is 5.43. The summed E-state index contributed by atoms with van der Waals surface area (Å²) in [5, 5.41) is 0. The normalized spacial score (nSPS) is 26.9. The molecule has 0 spiro atoms. The highest BCUT2D eigenvalue weighted by molar-refractivity contribution is 14.1. The van der Waals surface area contributed by atoms with E-state index in [0.29, 0.717) is 6.04 Å². The molecule has 0 radical (unpaired) electrons. The SMILES string of the molecule is CC1CCCN1C(=O)I. The maximum Gasteiger partial charge on any atom is 0.283 e. The summed E-state index contributed by atoms with van der Waals surface area (Å²) >= 11 is 1.85. The summed E-state index contributed by atoms with van der Waals surface area (Å²) < 4.78 is 0.192. The number of nitrogens with zero attached hydrogens (tertiary/aromatic N) is 1. The Hall–Kier alpha value is 0.200. The highest BCUT2D eigenvalue weighted by Crippen LogP contribution is 2.18. The van der Waals surface area contributed by atoms with Crippen LogP contribution in [-0.4, -0.2) is 21.4 Å². The van der Waals surface area contributed by atoms with Gasteiger partial charge in [-0.2, -0.15) is 0 Å². The Morgan fingerprint density at radius 1 is 1.78 bits per heavy atom. The van der Waals surface area contributed by atoms with E-state index < -0.39 is 0 Å². The summed E-state index contributed by atoms with van der Waals surface area (Å²) in [5.41, 5.74) is 0. The summed E-state index contributed by atoms with van der Waals surface area (Å²) in [6.07, 6.45) is 2.35. The van der Waals surface area contributed by atoms with Gasteiger partial charge < -0.3 is 4.90 Å². The lowest BCUT2D eigenvalue weighted by molar-refractivity contribution is 0.224. The number of carbonyl (C=O) groups excluding carboxylic acids is 1. The third-order valence-electron chi connectivity index (χ3n) is 1.78. The molecule has 1 atom stereocenters. The molecule has 1 aliphatic rings. The molecule has 0 aromatic heterocycles. The van der Waals surface area contributed by atoms with Crippen LogP contribution in [0.2, 0.25) is 0 Å². The van der Waals surface area contributed by atoms with Crippen molar-refractivity contribution in [3.05, 3.63) is 0 Å². The monoisotopic (exact) mass is 239 g/mol. The largest absolute Gasteiger partial charge is 0.331 e. The zero-order valence-corrected chi connectivity index (χ0v) is 7.59. The molecule has 0 aromatic carbocycles. The van der Waals surface area contributed by atoms with E-state index in [-0.39, 0.29) is 3.91 Å². The lowest BCUT2D eigenvalue weighted by atomic mass is 10.2. The van der Waals surface area contributed by atoms with Gasteiger partial charge in [0.2, 0.25) is 0 Å². The number of likely N-dealkylation sites (tertiary alicyclic amines) is 1. The molecule has 1 saturated heterocycles. The number of halogens is 1. The average Bonchev–Trinajstić information content (AvgIpc) is 2.13. The summed E-state index contributed by atoms with van der Waals surface area (Å²) in [5.74, 6) is 0. The van der Waals surface area contributed by atoms with Crippen molar-refractivity contribution in [2.24, 2.45) is 0 Å². The fourth-order valence-electron chi connectivity index (χ4n) is 1.19. The molecule has 1 rings (SSSR count). The second-order valence-corrected chi connectivity index (χ2v) is 3.36. The lowest BCUT2D eigenvalue weighted by Gasteiger charge is -2.17. The van der Waals surface area contributed by atoms with Crippen LogP contribution in [-0.2, 0) is 0 Å². The van der Waals surface area contributed by atoms with Crippen molar-refractivity contribution >= 4 is 26.5 Å². The minimum atomic E-state index is 0.192. The molecular weight excluding hydrogens is 229 g/mol. The van der Waals surface area contributed by atoms with Gasteiger partial charge in [0, 0.05) is 35.2 Å². The van der Waals surface area contributed by atoms with Crippen molar-refractivity contribution in [2.45, 2.75) is 25.8 Å². The van der Waals surface area contributed by atoms with Gasteiger partial charge in [-0.15, -0.1) is 0 Å². The van der Waals surface area contributed by atoms with Gasteiger partial charge in [0.15, 0.2) is 0 Å². The predicted octanol–water partition coefficient (Wildman–Crippen LogP) is 2.03. The van der Waals surface area contributed by atoms with E-state index in [9.17, 15) is 4.79 Å². The third kappa shape index (κ3) is 1.56. The highest BCUT2D eigenvalue weighted by atomic mass is 127. The number of rotatable bonds is 0. The molecule has 0 bridgehead atoms. The van der Waals surface area contributed by atoms with Crippen LogP contribution in [0.1, 0.15) is 19.8 Å². The molecule has 1 aliphatic heterocycles. The molecule has 3 heteroatoms. The van der Waals surface area contributed by atoms with Crippen molar-refractivity contribution in [3.63, 3.8) is 0 Å². The van der Waals surface area contributed by atoms with Gasteiger partial charge in [-0.05, 0) is 19.8 Å². The van der Waals surface area contributed by atoms with Gasteiger partial charge in [-0.3, -0.25) is 4.79 Å². The van der Waals surface area contributed by atoms with E-state index in [0.717, 1.165) is 6.54 Å². The summed E-state index contributed by atoms with van der Waals surface area (Å²) in [6.45, 7) is 3.06. The van der Waals surface area contributed by atoms with Crippen LogP contribution < -0.4 is 0 Å². The van der Waals surface area contributed by atoms with E-state index in [1.165, 1.54) is 12.8 Å². The fourth-order valence-corrected chi connectivity index (χ4v) is 1.91. The Bertz CT molecular complexity index is 126. The standard InChI is InChI=1S/C6H10INO/c1-5-3-2-4-8(5)6(7)9/h5H,2-4H2,1H3. The van der Waals surface area contributed by atoms with E-state index in [1.807, 2.05) is 27.5 Å². The van der Waals surface area contributed by atoms with E-state index in [4.69, 9.17) is 0 Å². The fraction of sp³-hybridized carbons (Fsp3) is 0.833. The van der Waals surface area contributed by atoms with Gasteiger partial charge in [0.05, 0.1) is 0 Å². The Labute approximate surface area is 68.7 Å². The topological polar surface area (TPSA) is 20.3 Å². The molecule has 0 aromatic rings. The Morgan fingerprint density at radius 2 is 2.44 bits per heavy atom. The Kier molecular flexibility index (Phi) is 2.32. The molecule has 2 nitrogen and oxygen atoms in total. The van der Waals surface area contributed by atoms with Crippen LogP contribution in [0.5, 0.6) is 0 Å².